The predicted molar refractivity (Wildman–Crippen MR) is 74.0 cm³/mol. The fourth-order valence-electron chi connectivity index (χ4n) is 1.77. The number of nitrogens with one attached hydrogen (secondary N) is 1. The van der Waals surface area contributed by atoms with E-state index in [1.54, 1.807) is 0 Å². The Morgan fingerprint density at radius 3 is 2.55 bits per heavy atom. The molecule has 2 aromatic carbocycles. The summed E-state index contributed by atoms with van der Waals surface area (Å²) in [6.45, 7) is -3.00. The molecule has 2 aromatic rings. The molecule has 0 radical (unpaired) electrons. The minimum atomic E-state index is -3.00. The second-order valence-corrected chi connectivity index (χ2v) is 4.21. The zero-order valence-corrected chi connectivity index (χ0v) is 11.5. The van der Waals surface area contributed by atoms with E-state index in [0.717, 1.165) is 6.07 Å². The maximum Gasteiger partial charge on any atom is 0.387 e. The van der Waals surface area contributed by atoms with Crippen molar-refractivity contribution in [3.63, 3.8) is 0 Å². The third kappa shape index (κ3) is 3.91. The minimum Gasteiger partial charge on any atom is -0.493 e. The maximum atomic E-state index is 13.1. The molecule has 0 unspecified atom stereocenters. The van der Waals surface area contributed by atoms with Crippen LogP contribution < -0.4 is 14.8 Å². The Bertz CT molecular complexity index is 677. The van der Waals surface area contributed by atoms with Crippen LogP contribution in [0.1, 0.15) is 10.4 Å². The molecular weight excluding hydrogens is 299 g/mol. The highest BCUT2D eigenvalue weighted by Gasteiger charge is 2.14. The van der Waals surface area contributed by atoms with E-state index in [9.17, 15) is 18.0 Å². The first-order valence-corrected chi connectivity index (χ1v) is 6.19. The van der Waals surface area contributed by atoms with Crippen molar-refractivity contribution >= 4 is 11.6 Å². The van der Waals surface area contributed by atoms with Crippen molar-refractivity contribution in [1.82, 2.24) is 0 Å². The number of anilines is 1. The van der Waals surface area contributed by atoms with Gasteiger partial charge in [-0.1, -0.05) is 6.07 Å². The van der Waals surface area contributed by atoms with Crippen molar-refractivity contribution in [2.75, 3.05) is 12.4 Å². The molecule has 0 bridgehead atoms. The largest absolute Gasteiger partial charge is 0.493 e. The van der Waals surface area contributed by atoms with Gasteiger partial charge in [0.15, 0.2) is 11.5 Å². The standard InChI is InChI=1S/C15H12F3NO3/c1-21-13-7-9(5-6-12(13)22-15(17)18)14(20)19-11-4-2-3-10(16)8-11/h2-8,15H,1H3,(H,19,20). The summed E-state index contributed by atoms with van der Waals surface area (Å²) in [4.78, 5) is 12.0. The number of benzene rings is 2. The lowest BCUT2D eigenvalue weighted by Gasteiger charge is -2.11. The van der Waals surface area contributed by atoms with Gasteiger partial charge in [0.1, 0.15) is 5.82 Å². The minimum absolute atomic E-state index is 0.00723. The molecule has 0 aromatic heterocycles. The van der Waals surface area contributed by atoms with Gasteiger partial charge in [0.05, 0.1) is 7.11 Å². The predicted octanol–water partition coefficient (Wildman–Crippen LogP) is 3.69. The number of carbonyl (C=O) groups excluding carboxylic acids is 1. The summed E-state index contributed by atoms with van der Waals surface area (Å²) < 4.78 is 46.7. The van der Waals surface area contributed by atoms with Gasteiger partial charge in [-0.05, 0) is 36.4 Å². The Kier molecular flexibility index (Phi) is 4.88. The van der Waals surface area contributed by atoms with E-state index in [1.807, 2.05) is 0 Å². The quantitative estimate of drug-likeness (QED) is 0.916. The number of halogens is 3. The lowest BCUT2D eigenvalue weighted by molar-refractivity contribution is -0.0512. The molecule has 1 N–H and O–H groups in total. The number of alkyl halides is 2. The number of hydrogen-bond acceptors (Lipinski definition) is 3. The first kappa shape index (κ1) is 15.7. The molecule has 22 heavy (non-hydrogen) atoms. The monoisotopic (exact) mass is 311 g/mol. The van der Waals surface area contributed by atoms with Crippen molar-refractivity contribution < 1.29 is 27.4 Å². The molecular formula is C15H12F3NO3. The average molecular weight is 311 g/mol. The molecule has 1 amide bonds. The van der Waals surface area contributed by atoms with Gasteiger partial charge in [-0.25, -0.2) is 4.39 Å². The van der Waals surface area contributed by atoms with E-state index in [4.69, 9.17) is 4.74 Å². The van der Waals surface area contributed by atoms with Crippen molar-refractivity contribution in [2.24, 2.45) is 0 Å². The van der Waals surface area contributed by atoms with Gasteiger partial charge in [0.2, 0.25) is 0 Å². The molecule has 0 aliphatic heterocycles. The van der Waals surface area contributed by atoms with Gasteiger partial charge in [-0.15, -0.1) is 0 Å². The van der Waals surface area contributed by atoms with Crippen LogP contribution in [0.15, 0.2) is 42.5 Å². The molecule has 0 spiro atoms. The zero-order chi connectivity index (χ0) is 16.1. The topological polar surface area (TPSA) is 47.6 Å². The summed E-state index contributed by atoms with van der Waals surface area (Å²) in [5.41, 5.74) is 0.430. The number of hydrogen-bond donors (Lipinski definition) is 1. The van der Waals surface area contributed by atoms with Crippen LogP contribution in [0.3, 0.4) is 0 Å². The SMILES string of the molecule is COc1cc(C(=O)Nc2cccc(F)c2)ccc1OC(F)F. The van der Waals surface area contributed by atoms with Gasteiger partial charge < -0.3 is 14.8 Å². The fourth-order valence-corrected chi connectivity index (χ4v) is 1.77. The van der Waals surface area contributed by atoms with Crippen molar-refractivity contribution in [2.45, 2.75) is 6.61 Å². The van der Waals surface area contributed by atoms with Crippen LogP contribution in [0.4, 0.5) is 18.9 Å². The molecule has 0 saturated heterocycles. The molecule has 116 valence electrons. The highest BCUT2D eigenvalue weighted by atomic mass is 19.3. The van der Waals surface area contributed by atoms with Crippen molar-refractivity contribution in [3.8, 4) is 11.5 Å². The third-order valence-corrected chi connectivity index (χ3v) is 2.72. The lowest BCUT2D eigenvalue weighted by atomic mass is 10.2. The van der Waals surface area contributed by atoms with Crippen LogP contribution in [0.5, 0.6) is 11.5 Å². The van der Waals surface area contributed by atoms with E-state index in [0.29, 0.717) is 0 Å². The van der Waals surface area contributed by atoms with Crippen LogP contribution >= 0.6 is 0 Å². The summed E-state index contributed by atoms with van der Waals surface area (Å²) >= 11 is 0. The Labute approximate surface area is 124 Å². The second kappa shape index (κ2) is 6.84. The first-order chi connectivity index (χ1) is 10.5. The number of carbonyl (C=O) groups is 1. The smallest absolute Gasteiger partial charge is 0.387 e. The van der Waals surface area contributed by atoms with Gasteiger partial charge in [-0.2, -0.15) is 8.78 Å². The van der Waals surface area contributed by atoms with Crippen molar-refractivity contribution in [1.29, 1.82) is 0 Å². The Balaban J connectivity index is 2.19. The number of rotatable bonds is 5. The third-order valence-electron chi connectivity index (χ3n) is 2.72. The van der Waals surface area contributed by atoms with E-state index in [1.165, 1.54) is 43.5 Å². The zero-order valence-electron chi connectivity index (χ0n) is 11.5. The Hall–Kier alpha value is -2.70. The van der Waals surface area contributed by atoms with E-state index >= 15 is 0 Å². The highest BCUT2D eigenvalue weighted by molar-refractivity contribution is 6.04. The van der Waals surface area contributed by atoms with Crippen LogP contribution in [0, 0.1) is 5.82 Å². The maximum absolute atomic E-state index is 13.1. The summed E-state index contributed by atoms with van der Waals surface area (Å²) in [5.74, 6) is -1.21. The summed E-state index contributed by atoms with van der Waals surface area (Å²) in [6.07, 6.45) is 0. The van der Waals surface area contributed by atoms with E-state index < -0.39 is 18.3 Å². The van der Waals surface area contributed by atoms with Gasteiger partial charge in [0.25, 0.3) is 5.91 Å². The second-order valence-electron chi connectivity index (χ2n) is 4.21. The van der Waals surface area contributed by atoms with Crippen molar-refractivity contribution in [3.05, 3.63) is 53.8 Å². The van der Waals surface area contributed by atoms with Crippen LogP contribution in [0.2, 0.25) is 0 Å². The molecule has 0 aliphatic rings. The highest BCUT2D eigenvalue weighted by Crippen LogP contribution is 2.29. The molecule has 7 heteroatoms. The Morgan fingerprint density at radius 2 is 1.91 bits per heavy atom. The molecule has 0 aliphatic carbocycles. The van der Waals surface area contributed by atoms with E-state index in [-0.39, 0.29) is 22.7 Å². The Morgan fingerprint density at radius 1 is 1.14 bits per heavy atom. The molecule has 0 fully saturated rings. The normalized spacial score (nSPS) is 10.4. The van der Waals surface area contributed by atoms with Crippen LogP contribution in [-0.2, 0) is 0 Å². The summed E-state index contributed by atoms with van der Waals surface area (Å²) in [5, 5.41) is 2.49. The van der Waals surface area contributed by atoms with E-state index in [2.05, 4.69) is 10.1 Å². The first-order valence-electron chi connectivity index (χ1n) is 6.19. The fraction of sp³-hybridized carbons (Fsp3) is 0.133. The average Bonchev–Trinajstić information content (AvgIpc) is 2.47. The number of amides is 1. The molecule has 4 nitrogen and oxygen atoms in total. The van der Waals surface area contributed by atoms with Crippen LogP contribution in [0.25, 0.3) is 0 Å². The molecule has 0 atom stereocenters. The molecule has 0 heterocycles. The van der Waals surface area contributed by atoms with Gasteiger partial charge in [0, 0.05) is 11.3 Å². The number of methoxy groups -OCH3 is 1. The summed E-state index contributed by atoms with van der Waals surface area (Å²) in [7, 11) is 1.27. The number of ether oxygens (including phenoxy) is 2. The van der Waals surface area contributed by atoms with Gasteiger partial charge >= 0.3 is 6.61 Å². The van der Waals surface area contributed by atoms with Crippen LogP contribution in [-0.4, -0.2) is 19.6 Å². The lowest BCUT2D eigenvalue weighted by Crippen LogP contribution is -2.12. The molecule has 2 rings (SSSR count). The molecule has 0 saturated carbocycles. The van der Waals surface area contributed by atoms with Gasteiger partial charge in [-0.3, -0.25) is 4.79 Å². The summed E-state index contributed by atoms with van der Waals surface area (Å²) in [6, 6.07) is 9.13.